The van der Waals surface area contributed by atoms with E-state index < -0.39 is 0 Å². The van der Waals surface area contributed by atoms with Gasteiger partial charge in [-0.2, -0.15) is 0 Å². The maximum Gasteiger partial charge on any atom is 0.0610 e. The van der Waals surface area contributed by atoms with Crippen LogP contribution in [0.3, 0.4) is 0 Å². The van der Waals surface area contributed by atoms with Crippen molar-refractivity contribution in [3.05, 3.63) is 0 Å². The van der Waals surface area contributed by atoms with E-state index >= 15 is 0 Å². The molecule has 2 unspecified atom stereocenters. The van der Waals surface area contributed by atoms with Gasteiger partial charge in [0.15, 0.2) is 0 Å². The molecule has 0 aliphatic carbocycles. The number of likely N-dealkylation sites (N-methyl/N-ethyl adjacent to an activating group) is 1. The lowest BCUT2D eigenvalue weighted by molar-refractivity contribution is 0.0828. The Balaban J connectivity index is 2.26. The highest BCUT2D eigenvalue weighted by Crippen LogP contribution is 2.14. The fraction of sp³-hybridized carbons (Fsp3) is 1.00. The molecular formula is C16H35N3O. The summed E-state index contributed by atoms with van der Waals surface area (Å²) in [6.07, 6.45) is 3.32. The van der Waals surface area contributed by atoms with Crippen LogP contribution in [0.2, 0.25) is 0 Å². The van der Waals surface area contributed by atoms with Crippen molar-refractivity contribution in [3.63, 3.8) is 0 Å². The summed E-state index contributed by atoms with van der Waals surface area (Å²) in [5, 5.41) is 13.1. The van der Waals surface area contributed by atoms with E-state index in [0.717, 1.165) is 32.4 Å². The lowest BCUT2D eigenvalue weighted by Gasteiger charge is -2.39. The van der Waals surface area contributed by atoms with E-state index in [-0.39, 0.29) is 12.1 Å². The van der Waals surface area contributed by atoms with Crippen molar-refractivity contribution in [2.45, 2.75) is 58.5 Å². The van der Waals surface area contributed by atoms with Crippen molar-refractivity contribution in [2.24, 2.45) is 0 Å². The molecule has 1 aliphatic rings. The maximum atomic E-state index is 9.57. The number of hydrogen-bond donors (Lipinski definition) is 2. The van der Waals surface area contributed by atoms with Crippen LogP contribution in [0.1, 0.15) is 47.0 Å². The molecule has 1 rings (SSSR count). The average molecular weight is 285 g/mol. The Kier molecular flexibility index (Phi) is 8.03. The second-order valence-corrected chi connectivity index (χ2v) is 6.53. The van der Waals surface area contributed by atoms with Gasteiger partial charge in [-0.1, -0.05) is 13.8 Å². The zero-order valence-corrected chi connectivity index (χ0v) is 14.0. The largest absolute Gasteiger partial charge is 0.394 e. The Morgan fingerprint density at radius 2 is 2.05 bits per heavy atom. The number of nitrogens with zero attached hydrogens (tertiary/aromatic N) is 2. The second-order valence-electron chi connectivity index (χ2n) is 6.53. The zero-order chi connectivity index (χ0) is 15.0. The molecule has 0 aromatic carbocycles. The van der Waals surface area contributed by atoms with Gasteiger partial charge in [0.2, 0.25) is 0 Å². The van der Waals surface area contributed by atoms with Crippen LogP contribution in [-0.4, -0.2) is 72.4 Å². The smallest absolute Gasteiger partial charge is 0.0610 e. The molecule has 2 atom stereocenters. The molecule has 0 amide bonds. The van der Waals surface area contributed by atoms with Gasteiger partial charge in [0.05, 0.1) is 6.61 Å². The summed E-state index contributed by atoms with van der Waals surface area (Å²) in [5.41, 5.74) is -0.104. The SMILES string of the molecule is CCCNC(C)(CO)CCCN1CCN(CC)C(C)C1. The molecule has 0 radical (unpaired) electrons. The molecule has 0 aromatic heterocycles. The van der Waals surface area contributed by atoms with Crippen LogP contribution in [0.5, 0.6) is 0 Å². The van der Waals surface area contributed by atoms with E-state index in [1.165, 1.54) is 26.2 Å². The summed E-state index contributed by atoms with van der Waals surface area (Å²) in [5.74, 6) is 0. The van der Waals surface area contributed by atoms with Crippen molar-refractivity contribution in [1.82, 2.24) is 15.1 Å². The summed E-state index contributed by atoms with van der Waals surface area (Å²) in [7, 11) is 0. The van der Waals surface area contributed by atoms with Crippen LogP contribution in [-0.2, 0) is 0 Å². The van der Waals surface area contributed by atoms with Gasteiger partial charge in [-0.3, -0.25) is 4.90 Å². The predicted molar refractivity (Wildman–Crippen MR) is 86.2 cm³/mol. The van der Waals surface area contributed by atoms with Gasteiger partial charge in [-0.15, -0.1) is 0 Å². The highest BCUT2D eigenvalue weighted by molar-refractivity contribution is 4.83. The number of piperazine rings is 1. The van der Waals surface area contributed by atoms with E-state index in [2.05, 4.69) is 42.8 Å². The van der Waals surface area contributed by atoms with Gasteiger partial charge in [-0.05, 0) is 52.7 Å². The molecular weight excluding hydrogens is 250 g/mol. The first-order chi connectivity index (χ1) is 9.54. The summed E-state index contributed by atoms with van der Waals surface area (Å²) >= 11 is 0. The van der Waals surface area contributed by atoms with E-state index in [4.69, 9.17) is 0 Å². The third-order valence-electron chi connectivity index (χ3n) is 4.61. The van der Waals surface area contributed by atoms with E-state index in [1.54, 1.807) is 0 Å². The summed E-state index contributed by atoms with van der Waals surface area (Å²) in [6.45, 7) is 16.0. The number of hydrogen-bond acceptors (Lipinski definition) is 4. The first kappa shape index (κ1) is 17.9. The molecule has 4 nitrogen and oxygen atoms in total. The molecule has 20 heavy (non-hydrogen) atoms. The molecule has 0 bridgehead atoms. The molecule has 1 fully saturated rings. The van der Waals surface area contributed by atoms with Crippen molar-refractivity contribution < 1.29 is 5.11 Å². The Hall–Kier alpha value is -0.160. The van der Waals surface area contributed by atoms with Gasteiger partial charge in [0.25, 0.3) is 0 Å². The lowest BCUT2D eigenvalue weighted by Crippen LogP contribution is -2.52. The molecule has 0 aromatic rings. The van der Waals surface area contributed by atoms with Crippen molar-refractivity contribution in [1.29, 1.82) is 0 Å². The molecule has 0 spiro atoms. The van der Waals surface area contributed by atoms with Crippen LogP contribution in [0, 0.1) is 0 Å². The first-order valence-corrected chi connectivity index (χ1v) is 8.37. The normalized spacial score (nSPS) is 24.8. The summed E-state index contributed by atoms with van der Waals surface area (Å²) < 4.78 is 0. The van der Waals surface area contributed by atoms with Gasteiger partial charge in [0.1, 0.15) is 0 Å². The molecule has 0 saturated carbocycles. The van der Waals surface area contributed by atoms with Crippen molar-refractivity contribution in [3.8, 4) is 0 Å². The minimum Gasteiger partial charge on any atom is -0.394 e. The van der Waals surface area contributed by atoms with Crippen LogP contribution in [0.15, 0.2) is 0 Å². The Morgan fingerprint density at radius 1 is 1.30 bits per heavy atom. The number of aliphatic hydroxyl groups is 1. The van der Waals surface area contributed by atoms with Crippen LogP contribution in [0.4, 0.5) is 0 Å². The van der Waals surface area contributed by atoms with Crippen molar-refractivity contribution in [2.75, 3.05) is 45.9 Å². The van der Waals surface area contributed by atoms with Crippen LogP contribution < -0.4 is 5.32 Å². The molecule has 1 heterocycles. The molecule has 2 N–H and O–H groups in total. The van der Waals surface area contributed by atoms with E-state index in [9.17, 15) is 5.11 Å². The molecule has 4 heteroatoms. The van der Waals surface area contributed by atoms with Gasteiger partial charge < -0.3 is 15.3 Å². The third kappa shape index (κ3) is 5.68. The molecule has 1 saturated heterocycles. The Bertz CT molecular complexity index is 262. The van der Waals surface area contributed by atoms with Gasteiger partial charge in [0, 0.05) is 31.2 Å². The predicted octanol–water partition coefficient (Wildman–Crippen LogP) is 1.54. The average Bonchev–Trinajstić information content (AvgIpc) is 2.45. The zero-order valence-electron chi connectivity index (χ0n) is 14.0. The maximum absolute atomic E-state index is 9.57. The summed E-state index contributed by atoms with van der Waals surface area (Å²) in [6, 6.07) is 0.677. The standard InChI is InChI=1S/C16H35N3O/c1-5-9-17-16(4,14-20)8-7-10-18-11-12-19(6-2)15(3)13-18/h15,17,20H,5-14H2,1-4H3. The highest BCUT2D eigenvalue weighted by Gasteiger charge is 2.24. The number of aliphatic hydroxyl groups excluding tert-OH is 1. The fourth-order valence-electron chi connectivity index (χ4n) is 3.09. The van der Waals surface area contributed by atoms with E-state index in [0.29, 0.717) is 6.04 Å². The van der Waals surface area contributed by atoms with Crippen LogP contribution >= 0.6 is 0 Å². The Morgan fingerprint density at radius 3 is 2.60 bits per heavy atom. The fourth-order valence-corrected chi connectivity index (χ4v) is 3.09. The minimum absolute atomic E-state index is 0.104. The van der Waals surface area contributed by atoms with Gasteiger partial charge in [-0.25, -0.2) is 0 Å². The quantitative estimate of drug-likeness (QED) is 0.674. The summed E-state index contributed by atoms with van der Waals surface area (Å²) in [4.78, 5) is 5.13. The molecule has 120 valence electrons. The van der Waals surface area contributed by atoms with Crippen molar-refractivity contribution >= 4 is 0 Å². The third-order valence-corrected chi connectivity index (χ3v) is 4.61. The lowest BCUT2D eigenvalue weighted by atomic mass is 9.96. The minimum atomic E-state index is -0.104. The van der Waals surface area contributed by atoms with E-state index in [1.807, 2.05) is 0 Å². The van der Waals surface area contributed by atoms with Gasteiger partial charge >= 0.3 is 0 Å². The highest BCUT2D eigenvalue weighted by atomic mass is 16.3. The topological polar surface area (TPSA) is 38.7 Å². The first-order valence-electron chi connectivity index (χ1n) is 8.37. The second kappa shape index (κ2) is 8.98. The molecule has 1 aliphatic heterocycles. The number of nitrogens with one attached hydrogen (secondary N) is 1. The number of rotatable bonds is 9. The monoisotopic (exact) mass is 285 g/mol. The Labute approximate surface area is 125 Å². The van der Waals surface area contributed by atoms with Crippen LogP contribution in [0.25, 0.3) is 0 Å².